The van der Waals surface area contributed by atoms with Crippen LogP contribution in [0.15, 0.2) is 30.3 Å². The first-order valence-electron chi connectivity index (χ1n) is 7.66. The fraction of sp³-hybridized carbons (Fsp3) is 0.412. The number of amides is 1. The molecule has 1 aliphatic heterocycles. The number of aryl methyl sites for hydroxylation is 2. The zero-order valence-corrected chi connectivity index (χ0v) is 13.7. The molecular formula is C17H21N3O3. The zero-order valence-electron chi connectivity index (χ0n) is 13.7. The van der Waals surface area contributed by atoms with E-state index in [1.165, 1.54) is 0 Å². The van der Waals surface area contributed by atoms with Crippen molar-refractivity contribution >= 4 is 5.91 Å². The van der Waals surface area contributed by atoms with E-state index in [2.05, 4.69) is 5.10 Å². The van der Waals surface area contributed by atoms with Crippen LogP contribution in [0.5, 0.6) is 11.5 Å². The molecule has 1 amide bonds. The van der Waals surface area contributed by atoms with E-state index in [4.69, 9.17) is 9.47 Å². The Morgan fingerprint density at radius 1 is 1.35 bits per heavy atom. The molecule has 0 radical (unpaired) electrons. The van der Waals surface area contributed by atoms with Crippen LogP contribution in [-0.4, -0.2) is 46.9 Å². The third-order valence-corrected chi connectivity index (χ3v) is 3.86. The number of rotatable bonds is 4. The molecule has 2 heterocycles. The Balaban J connectivity index is 1.58. The Morgan fingerprint density at radius 2 is 2.09 bits per heavy atom. The summed E-state index contributed by atoms with van der Waals surface area (Å²) in [7, 11) is 1.78. The molecule has 1 aliphatic rings. The SMILES string of the molecule is Cc1cc(C)n(CC(=O)N(C)C[C@@H]2COc3ccccc3O2)n1. The Morgan fingerprint density at radius 3 is 2.78 bits per heavy atom. The number of aromatic nitrogens is 2. The van der Waals surface area contributed by atoms with Gasteiger partial charge in [0.25, 0.3) is 0 Å². The number of hydrogen-bond donors (Lipinski definition) is 0. The number of ether oxygens (including phenoxy) is 2. The van der Waals surface area contributed by atoms with E-state index < -0.39 is 0 Å². The van der Waals surface area contributed by atoms with Gasteiger partial charge in [-0.3, -0.25) is 9.48 Å². The van der Waals surface area contributed by atoms with E-state index in [1.54, 1.807) is 16.6 Å². The van der Waals surface area contributed by atoms with Gasteiger partial charge in [0.05, 0.1) is 12.2 Å². The van der Waals surface area contributed by atoms with Gasteiger partial charge in [-0.1, -0.05) is 12.1 Å². The summed E-state index contributed by atoms with van der Waals surface area (Å²) in [5.74, 6) is 1.47. The summed E-state index contributed by atoms with van der Waals surface area (Å²) in [4.78, 5) is 14.0. The molecule has 1 aromatic heterocycles. The molecular weight excluding hydrogens is 294 g/mol. The summed E-state index contributed by atoms with van der Waals surface area (Å²) in [5, 5.41) is 4.32. The third kappa shape index (κ3) is 3.47. The molecule has 1 aromatic carbocycles. The predicted molar refractivity (Wildman–Crippen MR) is 85.7 cm³/mol. The van der Waals surface area contributed by atoms with Gasteiger partial charge in [0.15, 0.2) is 17.6 Å². The molecule has 0 N–H and O–H groups in total. The molecule has 122 valence electrons. The maximum absolute atomic E-state index is 12.4. The lowest BCUT2D eigenvalue weighted by Crippen LogP contribution is -2.42. The van der Waals surface area contributed by atoms with Gasteiger partial charge in [-0.15, -0.1) is 0 Å². The zero-order chi connectivity index (χ0) is 16.4. The van der Waals surface area contributed by atoms with Crippen molar-refractivity contribution in [3.8, 4) is 11.5 Å². The minimum absolute atomic E-state index is 0.00124. The van der Waals surface area contributed by atoms with Crippen LogP contribution in [0.4, 0.5) is 0 Å². The summed E-state index contributed by atoms with van der Waals surface area (Å²) in [6, 6.07) is 9.53. The molecule has 0 aliphatic carbocycles. The van der Waals surface area contributed by atoms with Crippen molar-refractivity contribution in [2.45, 2.75) is 26.5 Å². The largest absolute Gasteiger partial charge is 0.486 e. The lowest BCUT2D eigenvalue weighted by Gasteiger charge is -2.29. The second kappa shape index (κ2) is 6.32. The van der Waals surface area contributed by atoms with E-state index >= 15 is 0 Å². The maximum Gasteiger partial charge on any atom is 0.244 e. The van der Waals surface area contributed by atoms with E-state index in [0.717, 1.165) is 22.9 Å². The van der Waals surface area contributed by atoms with Crippen molar-refractivity contribution in [2.24, 2.45) is 0 Å². The molecule has 6 heteroatoms. The lowest BCUT2D eigenvalue weighted by atomic mass is 10.2. The first-order valence-corrected chi connectivity index (χ1v) is 7.66. The molecule has 0 bridgehead atoms. The Kier molecular flexibility index (Phi) is 4.23. The minimum atomic E-state index is -0.167. The number of para-hydroxylation sites is 2. The Labute approximate surface area is 135 Å². The summed E-state index contributed by atoms with van der Waals surface area (Å²) in [6.07, 6.45) is -0.167. The lowest BCUT2D eigenvalue weighted by molar-refractivity contribution is -0.132. The van der Waals surface area contributed by atoms with Crippen molar-refractivity contribution in [1.29, 1.82) is 0 Å². The van der Waals surface area contributed by atoms with Crippen LogP contribution in [0, 0.1) is 13.8 Å². The second-order valence-electron chi connectivity index (χ2n) is 5.86. The molecule has 2 aromatic rings. The topological polar surface area (TPSA) is 56.6 Å². The number of likely N-dealkylation sites (N-methyl/N-ethyl adjacent to an activating group) is 1. The molecule has 0 fully saturated rings. The van der Waals surface area contributed by atoms with Crippen LogP contribution in [0.1, 0.15) is 11.4 Å². The van der Waals surface area contributed by atoms with E-state index in [-0.39, 0.29) is 18.6 Å². The highest BCUT2D eigenvalue weighted by Crippen LogP contribution is 2.30. The van der Waals surface area contributed by atoms with Gasteiger partial charge in [0.1, 0.15) is 13.2 Å². The van der Waals surface area contributed by atoms with Crippen molar-refractivity contribution < 1.29 is 14.3 Å². The van der Waals surface area contributed by atoms with E-state index in [0.29, 0.717) is 13.2 Å². The molecule has 1 atom stereocenters. The van der Waals surface area contributed by atoms with Crippen LogP contribution in [-0.2, 0) is 11.3 Å². The monoisotopic (exact) mass is 315 g/mol. The second-order valence-corrected chi connectivity index (χ2v) is 5.86. The third-order valence-electron chi connectivity index (χ3n) is 3.86. The fourth-order valence-corrected chi connectivity index (χ4v) is 2.64. The van der Waals surface area contributed by atoms with Crippen LogP contribution < -0.4 is 9.47 Å². The molecule has 0 saturated heterocycles. The molecule has 6 nitrogen and oxygen atoms in total. The van der Waals surface area contributed by atoms with E-state index in [1.807, 2.05) is 44.2 Å². The molecule has 0 saturated carbocycles. The van der Waals surface area contributed by atoms with E-state index in [9.17, 15) is 4.79 Å². The number of nitrogens with zero attached hydrogens (tertiary/aromatic N) is 3. The highest BCUT2D eigenvalue weighted by atomic mass is 16.6. The number of carbonyl (C=O) groups is 1. The molecule has 23 heavy (non-hydrogen) atoms. The number of carbonyl (C=O) groups excluding carboxylic acids is 1. The predicted octanol–water partition coefficient (Wildman–Crippen LogP) is 1.80. The summed E-state index contributed by atoms with van der Waals surface area (Å²) in [6.45, 7) is 5.02. The van der Waals surface area contributed by atoms with Crippen molar-refractivity contribution in [2.75, 3.05) is 20.2 Å². The van der Waals surface area contributed by atoms with Gasteiger partial charge in [-0.25, -0.2) is 0 Å². The molecule has 0 unspecified atom stereocenters. The van der Waals surface area contributed by atoms with Crippen LogP contribution in [0.3, 0.4) is 0 Å². The van der Waals surface area contributed by atoms with Gasteiger partial charge in [0.2, 0.25) is 5.91 Å². The number of fused-ring (bicyclic) bond motifs is 1. The Hall–Kier alpha value is -2.50. The number of benzene rings is 1. The first kappa shape index (κ1) is 15.4. The maximum atomic E-state index is 12.4. The van der Waals surface area contributed by atoms with Crippen molar-refractivity contribution in [1.82, 2.24) is 14.7 Å². The van der Waals surface area contributed by atoms with Gasteiger partial charge in [-0.2, -0.15) is 5.10 Å². The fourth-order valence-electron chi connectivity index (χ4n) is 2.64. The number of hydrogen-bond acceptors (Lipinski definition) is 4. The minimum Gasteiger partial charge on any atom is -0.486 e. The normalized spacial score (nSPS) is 16.2. The highest BCUT2D eigenvalue weighted by molar-refractivity contribution is 5.75. The van der Waals surface area contributed by atoms with Gasteiger partial charge in [0, 0.05) is 12.7 Å². The smallest absolute Gasteiger partial charge is 0.244 e. The Bertz CT molecular complexity index is 711. The summed E-state index contributed by atoms with van der Waals surface area (Å²) in [5.41, 5.74) is 1.90. The van der Waals surface area contributed by atoms with Crippen LogP contribution in [0.2, 0.25) is 0 Å². The quantitative estimate of drug-likeness (QED) is 0.863. The molecule has 3 rings (SSSR count). The van der Waals surface area contributed by atoms with Crippen molar-refractivity contribution in [3.63, 3.8) is 0 Å². The van der Waals surface area contributed by atoms with Crippen molar-refractivity contribution in [3.05, 3.63) is 41.7 Å². The van der Waals surface area contributed by atoms with Crippen LogP contribution in [0.25, 0.3) is 0 Å². The molecule has 0 spiro atoms. The van der Waals surface area contributed by atoms with Crippen LogP contribution >= 0.6 is 0 Å². The summed E-state index contributed by atoms with van der Waals surface area (Å²) >= 11 is 0. The average molecular weight is 315 g/mol. The summed E-state index contributed by atoms with van der Waals surface area (Å²) < 4.78 is 13.3. The van der Waals surface area contributed by atoms with Gasteiger partial charge >= 0.3 is 0 Å². The standard InChI is InChI=1S/C17H21N3O3/c1-12-8-13(2)20(18-12)10-17(21)19(3)9-14-11-22-15-6-4-5-7-16(15)23-14/h4-8,14H,9-11H2,1-3H3/t14-/m1/s1. The average Bonchev–Trinajstić information content (AvgIpc) is 2.84. The van der Waals surface area contributed by atoms with Gasteiger partial charge < -0.3 is 14.4 Å². The highest BCUT2D eigenvalue weighted by Gasteiger charge is 2.24. The van der Waals surface area contributed by atoms with Gasteiger partial charge in [-0.05, 0) is 32.0 Å². The first-order chi connectivity index (χ1) is 11.0.